The Hall–Kier alpha value is -1.45. The van der Waals surface area contributed by atoms with E-state index in [2.05, 4.69) is 0 Å². The summed E-state index contributed by atoms with van der Waals surface area (Å²) >= 11 is 0. The van der Waals surface area contributed by atoms with Crippen LogP contribution in [0.3, 0.4) is 0 Å². The fourth-order valence-electron chi connectivity index (χ4n) is 1.96. The van der Waals surface area contributed by atoms with Crippen molar-refractivity contribution in [2.75, 3.05) is 6.61 Å². The Labute approximate surface area is 131 Å². The average molecular weight is 320 g/mol. The molecule has 0 aliphatic heterocycles. The predicted molar refractivity (Wildman–Crippen MR) is 86.4 cm³/mol. The van der Waals surface area contributed by atoms with E-state index < -0.39 is 7.82 Å². The maximum atomic E-state index is 12.7. The molecule has 2 rings (SSSR count). The lowest BCUT2D eigenvalue weighted by Gasteiger charge is -2.21. The van der Waals surface area contributed by atoms with Crippen molar-refractivity contribution in [3.63, 3.8) is 0 Å². The molecule has 5 heteroatoms. The first-order valence-corrected chi connectivity index (χ1v) is 8.75. The topological polar surface area (TPSA) is 44.8 Å². The first-order chi connectivity index (χ1) is 10.6. The third-order valence-electron chi connectivity index (χ3n) is 3.08. The van der Waals surface area contributed by atoms with Gasteiger partial charge in [0.25, 0.3) is 0 Å². The van der Waals surface area contributed by atoms with Crippen molar-refractivity contribution in [3.05, 3.63) is 71.8 Å². The third-order valence-corrected chi connectivity index (χ3v) is 4.67. The van der Waals surface area contributed by atoms with Crippen LogP contribution in [0, 0.1) is 0 Å². The molecule has 0 aliphatic rings. The van der Waals surface area contributed by atoms with Crippen LogP contribution in [0.15, 0.2) is 60.7 Å². The molecule has 0 radical (unpaired) electrons. The summed E-state index contributed by atoms with van der Waals surface area (Å²) in [7, 11) is -3.61. The summed E-state index contributed by atoms with van der Waals surface area (Å²) in [5, 5.41) is 0. The molecule has 0 amide bonds. The molecule has 0 bridgehead atoms. The van der Waals surface area contributed by atoms with E-state index in [0.717, 1.165) is 11.1 Å². The minimum atomic E-state index is -3.61. The fourth-order valence-corrected chi connectivity index (χ4v) is 3.29. The van der Waals surface area contributed by atoms with Crippen molar-refractivity contribution in [3.8, 4) is 0 Å². The Morgan fingerprint density at radius 1 is 0.955 bits per heavy atom. The molecule has 2 aromatic rings. The summed E-state index contributed by atoms with van der Waals surface area (Å²) in [6, 6.07) is 19.1. The molecular formula is C17H21O4P. The Morgan fingerprint density at radius 3 is 2.14 bits per heavy atom. The van der Waals surface area contributed by atoms with Gasteiger partial charge in [-0.05, 0) is 25.0 Å². The molecule has 0 aliphatic carbocycles. The molecular weight excluding hydrogens is 299 g/mol. The fraction of sp³-hybridized carbons (Fsp3) is 0.294. The second-order valence-corrected chi connectivity index (χ2v) is 6.40. The molecule has 22 heavy (non-hydrogen) atoms. The van der Waals surface area contributed by atoms with Crippen molar-refractivity contribution < 1.29 is 18.1 Å². The highest BCUT2D eigenvalue weighted by Crippen LogP contribution is 2.53. The molecule has 0 spiro atoms. The molecule has 2 atom stereocenters. The van der Waals surface area contributed by atoms with Crippen LogP contribution in [-0.2, 0) is 24.7 Å². The second-order valence-electron chi connectivity index (χ2n) is 4.78. The molecule has 0 aromatic heterocycles. The molecule has 0 saturated heterocycles. The predicted octanol–water partition coefficient (Wildman–Crippen LogP) is 5.13. The van der Waals surface area contributed by atoms with E-state index in [0.29, 0.717) is 0 Å². The minimum Gasteiger partial charge on any atom is -0.287 e. The van der Waals surface area contributed by atoms with Gasteiger partial charge in [0, 0.05) is 0 Å². The van der Waals surface area contributed by atoms with Gasteiger partial charge < -0.3 is 0 Å². The SMILES string of the molecule is CCOP(=O)(OCc1ccccc1)OC(C)c1ccccc1. The third kappa shape index (κ3) is 5.08. The van der Waals surface area contributed by atoms with Crippen LogP contribution in [0.25, 0.3) is 0 Å². The van der Waals surface area contributed by atoms with Gasteiger partial charge in [-0.1, -0.05) is 60.7 Å². The summed E-state index contributed by atoms with van der Waals surface area (Å²) in [5.41, 5.74) is 1.84. The smallest absolute Gasteiger partial charge is 0.287 e. The lowest BCUT2D eigenvalue weighted by Crippen LogP contribution is -2.04. The Balaban J connectivity index is 2.02. The van der Waals surface area contributed by atoms with E-state index in [1.54, 1.807) is 6.92 Å². The minimum absolute atomic E-state index is 0.180. The average Bonchev–Trinajstić information content (AvgIpc) is 2.55. The van der Waals surface area contributed by atoms with Crippen molar-refractivity contribution in [1.82, 2.24) is 0 Å². The molecule has 118 valence electrons. The summed E-state index contributed by atoms with van der Waals surface area (Å²) < 4.78 is 29.0. The number of phosphoric ester groups is 1. The number of hydrogen-bond acceptors (Lipinski definition) is 4. The molecule has 0 fully saturated rings. The van der Waals surface area contributed by atoms with Crippen LogP contribution < -0.4 is 0 Å². The standard InChI is InChI=1S/C17H21O4P/c1-3-19-22(18,20-14-16-10-6-4-7-11-16)21-15(2)17-12-8-5-9-13-17/h4-13,15H,3,14H2,1-2H3. The molecule has 0 heterocycles. The van der Waals surface area contributed by atoms with Gasteiger partial charge in [-0.2, -0.15) is 0 Å². The van der Waals surface area contributed by atoms with Crippen molar-refractivity contribution in [2.45, 2.75) is 26.6 Å². The van der Waals surface area contributed by atoms with E-state index in [-0.39, 0.29) is 19.3 Å². The highest BCUT2D eigenvalue weighted by Gasteiger charge is 2.29. The molecule has 2 unspecified atom stereocenters. The van der Waals surface area contributed by atoms with Crippen molar-refractivity contribution >= 4 is 7.82 Å². The molecule has 2 aromatic carbocycles. The monoisotopic (exact) mass is 320 g/mol. The summed E-state index contributed by atoms with van der Waals surface area (Å²) in [4.78, 5) is 0. The molecule has 0 N–H and O–H groups in total. The summed E-state index contributed by atoms with van der Waals surface area (Å²) in [5.74, 6) is 0. The maximum absolute atomic E-state index is 12.7. The number of benzene rings is 2. The quantitative estimate of drug-likeness (QED) is 0.633. The van der Waals surface area contributed by atoms with Crippen molar-refractivity contribution in [2.24, 2.45) is 0 Å². The van der Waals surface area contributed by atoms with Crippen LogP contribution in [-0.4, -0.2) is 6.61 Å². The lowest BCUT2D eigenvalue weighted by atomic mass is 10.1. The van der Waals surface area contributed by atoms with E-state index in [9.17, 15) is 4.57 Å². The van der Waals surface area contributed by atoms with E-state index in [4.69, 9.17) is 13.6 Å². The first-order valence-electron chi connectivity index (χ1n) is 7.29. The Kier molecular flexibility index (Phi) is 6.34. The van der Waals surface area contributed by atoms with Gasteiger partial charge >= 0.3 is 7.82 Å². The van der Waals surface area contributed by atoms with Gasteiger partial charge in [0.2, 0.25) is 0 Å². The van der Waals surface area contributed by atoms with Crippen LogP contribution in [0.1, 0.15) is 31.1 Å². The summed E-state index contributed by atoms with van der Waals surface area (Å²) in [6.45, 7) is 4.02. The highest BCUT2D eigenvalue weighted by molar-refractivity contribution is 7.48. The van der Waals surface area contributed by atoms with Gasteiger partial charge in [0.15, 0.2) is 0 Å². The van der Waals surface area contributed by atoms with Crippen molar-refractivity contribution in [1.29, 1.82) is 0 Å². The van der Waals surface area contributed by atoms with E-state index in [1.165, 1.54) is 0 Å². The number of phosphoric acid groups is 1. The summed E-state index contributed by atoms with van der Waals surface area (Å²) in [6.07, 6.45) is -0.380. The van der Waals surface area contributed by atoms with Crippen LogP contribution in [0.4, 0.5) is 0 Å². The second kappa shape index (κ2) is 8.25. The first kappa shape index (κ1) is 16.9. The van der Waals surface area contributed by atoms with Gasteiger partial charge in [-0.3, -0.25) is 13.6 Å². The maximum Gasteiger partial charge on any atom is 0.475 e. The zero-order valence-electron chi connectivity index (χ0n) is 12.8. The number of hydrogen-bond donors (Lipinski definition) is 0. The lowest BCUT2D eigenvalue weighted by molar-refractivity contribution is 0.0832. The van der Waals surface area contributed by atoms with E-state index >= 15 is 0 Å². The van der Waals surface area contributed by atoms with Gasteiger partial charge in [-0.25, -0.2) is 4.57 Å². The normalized spacial score (nSPS) is 15.2. The van der Waals surface area contributed by atoms with Gasteiger partial charge in [0.05, 0.1) is 19.3 Å². The molecule has 0 saturated carbocycles. The molecule has 4 nitrogen and oxygen atoms in total. The van der Waals surface area contributed by atoms with Crippen LogP contribution in [0.2, 0.25) is 0 Å². The highest BCUT2D eigenvalue weighted by atomic mass is 31.2. The van der Waals surface area contributed by atoms with Gasteiger partial charge in [0.1, 0.15) is 0 Å². The number of rotatable bonds is 8. The zero-order valence-corrected chi connectivity index (χ0v) is 13.7. The van der Waals surface area contributed by atoms with Gasteiger partial charge in [-0.15, -0.1) is 0 Å². The zero-order chi connectivity index (χ0) is 15.8. The van der Waals surface area contributed by atoms with E-state index in [1.807, 2.05) is 67.6 Å². The largest absolute Gasteiger partial charge is 0.475 e. The Bertz CT molecular complexity index is 601. The van der Waals surface area contributed by atoms with Crippen LogP contribution in [0.5, 0.6) is 0 Å². The Morgan fingerprint density at radius 2 is 1.55 bits per heavy atom. The van der Waals surface area contributed by atoms with Crippen LogP contribution >= 0.6 is 7.82 Å².